The van der Waals surface area contributed by atoms with Crippen molar-refractivity contribution in [3.05, 3.63) is 104 Å². The van der Waals surface area contributed by atoms with Gasteiger partial charge >= 0.3 is 12.1 Å². The Balaban J connectivity index is 1.47. The smallest absolute Gasteiger partial charge is 0.407 e. The summed E-state index contributed by atoms with van der Waals surface area (Å²) in [6.07, 6.45) is 0.444. The molecule has 0 aliphatic heterocycles. The van der Waals surface area contributed by atoms with Crippen LogP contribution in [0.25, 0.3) is 0 Å². The molecule has 268 valence electrons. The first-order valence-electron chi connectivity index (χ1n) is 19.2. The summed E-state index contributed by atoms with van der Waals surface area (Å²) in [5, 5.41) is 21.7. The lowest BCUT2D eigenvalue weighted by molar-refractivity contribution is -0.124. The number of thiazole rings is 2. The highest BCUT2D eigenvalue weighted by molar-refractivity contribution is 7.09. The molecule has 4 N–H and O–H groups in total. The summed E-state index contributed by atoms with van der Waals surface area (Å²) in [6.45, 7) is -2.10. The maximum atomic E-state index is 13.9. The summed E-state index contributed by atoms with van der Waals surface area (Å²) in [5.74, 6) is -2.61. The highest BCUT2D eigenvalue weighted by atomic mass is 32.1. The molecule has 0 aliphatic carbocycles. The van der Waals surface area contributed by atoms with Gasteiger partial charge in [0.2, 0.25) is 5.91 Å². The van der Waals surface area contributed by atoms with Crippen LogP contribution in [0.4, 0.5) is 9.59 Å². The molecule has 0 saturated carbocycles. The first-order valence-corrected chi connectivity index (χ1v) is 18.0. The summed E-state index contributed by atoms with van der Waals surface area (Å²) in [5.41, 5.74) is 3.71. The predicted molar refractivity (Wildman–Crippen MR) is 197 cm³/mol. The fourth-order valence-electron chi connectivity index (χ4n) is 5.25. The first kappa shape index (κ1) is 30.5. The third kappa shape index (κ3) is 12.2. The van der Waals surface area contributed by atoms with Gasteiger partial charge in [-0.1, -0.05) is 88.2 Å². The standard InChI is InChI=1S/C37H48N6O5S2/c1-24(2)33(42-36(46)43(5)20-29-22-49-35(40-29)25(3)4)34(45)39-28(16-26-12-8-6-9-13-26)18-32(44)31(17-27-14-10-7-11-15-27)41-37(47)48-21-30-19-38-23-50-30/h6-15,19,22-25,28,31-33,44H,16-18,20-21H2,1-5H3,(H,39,45)(H,41,47)(H,42,46)/t28-,31+,32+,33+/m1/s1/i3D3,4D3. The summed E-state index contributed by atoms with van der Waals surface area (Å²) in [4.78, 5) is 50.5. The molecule has 4 aromatic rings. The second-order valence-electron chi connectivity index (χ2n) is 12.3. The number of carbonyl (C=O) groups excluding carboxylic acids is 3. The van der Waals surface area contributed by atoms with E-state index in [1.807, 2.05) is 60.7 Å². The molecular weight excluding hydrogens is 673 g/mol. The molecule has 13 heteroatoms. The predicted octanol–water partition coefficient (Wildman–Crippen LogP) is 5.91. The maximum Gasteiger partial charge on any atom is 0.407 e. The number of urea groups is 1. The molecular formula is C37H48N6O5S2. The summed E-state index contributed by atoms with van der Waals surface area (Å²) < 4.78 is 51.8. The largest absolute Gasteiger partial charge is 0.444 e. The van der Waals surface area contributed by atoms with Crippen molar-refractivity contribution in [2.24, 2.45) is 5.92 Å². The van der Waals surface area contributed by atoms with E-state index in [4.69, 9.17) is 13.0 Å². The molecule has 50 heavy (non-hydrogen) atoms. The van der Waals surface area contributed by atoms with Gasteiger partial charge in [-0.2, -0.15) is 0 Å². The zero-order chi connectivity index (χ0) is 41.0. The van der Waals surface area contributed by atoms with E-state index >= 15 is 0 Å². The van der Waals surface area contributed by atoms with Gasteiger partial charge in [-0.3, -0.25) is 9.78 Å². The second-order valence-corrected chi connectivity index (χ2v) is 14.2. The van der Waals surface area contributed by atoms with E-state index in [9.17, 15) is 19.5 Å². The highest BCUT2D eigenvalue weighted by Crippen LogP contribution is 2.20. The van der Waals surface area contributed by atoms with Gasteiger partial charge in [0.25, 0.3) is 0 Å². The second kappa shape index (κ2) is 19.2. The van der Waals surface area contributed by atoms with E-state index < -0.39 is 61.9 Å². The lowest BCUT2D eigenvalue weighted by atomic mass is 9.93. The molecule has 0 spiro atoms. The number of hydrogen-bond acceptors (Lipinski definition) is 9. The van der Waals surface area contributed by atoms with E-state index in [1.165, 1.54) is 28.7 Å². The van der Waals surface area contributed by atoms with Crippen molar-refractivity contribution in [2.45, 2.75) is 90.1 Å². The van der Waals surface area contributed by atoms with Crippen molar-refractivity contribution in [1.82, 2.24) is 30.8 Å². The van der Waals surface area contributed by atoms with Gasteiger partial charge in [-0.05, 0) is 36.3 Å². The van der Waals surface area contributed by atoms with Gasteiger partial charge in [-0.15, -0.1) is 22.7 Å². The van der Waals surface area contributed by atoms with Gasteiger partial charge in [0.1, 0.15) is 12.6 Å². The van der Waals surface area contributed by atoms with Crippen LogP contribution in [0, 0.1) is 5.92 Å². The monoisotopic (exact) mass is 726 g/mol. The molecule has 4 amide bonds. The van der Waals surface area contributed by atoms with Crippen LogP contribution < -0.4 is 16.0 Å². The number of aromatic nitrogens is 2. The molecule has 0 aliphatic rings. The lowest BCUT2D eigenvalue weighted by Crippen LogP contribution is -2.55. The number of hydrogen-bond donors (Lipinski definition) is 4. The van der Waals surface area contributed by atoms with Crippen LogP contribution in [0.5, 0.6) is 0 Å². The van der Waals surface area contributed by atoms with Crippen LogP contribution in [0.15, 0.2) is 77.8 Å². The third-order valence-electron chi connectivity index (χ3n) is 7.88. The number of nitrogens with zero attached hydrogens (tertiary/aromatic N) is 3. The Morgan fingerprint density at radius 1 is 0.960 bits per heavy atom. The topological polar surface area (TPSA) is 146 Å². The zero-order valence-electron chi connectivity index (χ0n) is 34.2. The number of aliphatic hydroxyl groups excluding tert-OH is 1. The van der Waals surface area contributed by atoms with Crippen LogP contribution in [0.3, 0.4) is 0 Å². The molecule has 0 radical (unpaired) electrons. The minimum absolute atomic E-state index is 0.0232. The Morgan fingerprint density at radius 3 is 2.26 bits per heavy atom. The Kier molecular flexibility index (Phi) is 11.7. The van der Waals surface area contributed by atoms with Crippen molar-refractivity contribution in [2.75, 3.05) is 7.05 Å². The molecule has 0 fully saturated rings. The van der Waals surface area contributed by atoms with Crippen LogP contribution in [0.2, 0.25) is 0 Å². The van der Waals surface area contributed by atoms with Crippen molar-refractivity contribution < 1.29 is 32.5 Å². The lowest BCUT2D eigenvalue weighted by Gasteiger charge is -2.30. The van der Waals surface area contributed by atoms with E-state index in [1.54, 1.807) is 25.6 Å². The highest BCUT2D eigenvalue weighted by Gasteiger charge is 2.31. The SMILES string of the molecule is [2H]C([2H])([2H])C(c1nc(CN(C)C(=O)N[C@H](C(=O)N[C@H](Cc2ccccc2)C[C@H](O)[C@H](Cc2ccccc2)NC(=O)OCc2cncs2)C(C)C)cs1)C([2H])([2H])[2H]. The maximum absolute atomic E-state index is 13.9. The van der Waals surface area contributed by atoms with Crippen LogP contribution in [-0.2, 0) is 35.5 Å². The van der Waals surface area contributed by atoms with Crippen molar-refractivity contribution in [3.63, 3.8) is 0 Å². The van der Waals surface area contributed by atoms with E-state index in [0.29, 0.717) is 12.1 Å². The number of benzene rings is 2. The van der Waals surface area contributed by atoms with Gasteiger partial charge in [-0.25, -0.2) is 14.6 Å². The Hall–Kier alpha value is -4.33. The number of nitrogens with one attached hydrogen (secondary N) is 3. The summed E-state index contributed by atoms with van der Waals surface area (Å²) >= 11 is 2.25. The summed E-state index contributed by atoms with van der Waals surface area (Å²) in [7, 11) is 1.48. The number of alkyl carbamates (subject to hydrolysis) is 1. The Bertz CT molecular complexity index is 1820. The van der Waals surface area contributed by atoms with E-state index in [-0.39, 0.29) is 36.9 Å². The molecule has 0 saturated heterocycles. The van der Waals surface area contributed by atoms with Crippen LogP contribution in [-0.4, -0.2) is 69.3 Å². The summed E-state index contributed by atoms with van der Waals surface area (Å²) in [6, 6.07) is 15.8. The molecule has 2 aromatic carbocycles. The van der Waals surface area contributed by atoms with Gasteiger partial charge in [0.05, 0.1) is 39.8 Å². The quantitative estimate of drug-likeness (QED) is 0.106. The van der Waals surface area contributed by atoms with Crippen molar-refractivity contribution in [1.29, 1.82) is 0 Å². The normalized spacial score (nSPS) is 16.0. The Morgan fingerprint density at radius 2 is 1.64 bits per heavy atom. The molecule has 0 bridgehead atoms. The van der Waals surface area contributed by atoms with Crippen LogP contribution >= 0.6 is 22.7 Å². The van der Waals surface area contributed by atoms with Gasteiger partial charge < -0.3 is 30.7 Å². The van der Waals surface area contributed by atoms with Gasteiger partial charge in [0.15, 0.2) is 0 Å². The number of carbonyl (C=O) groups is 3. The third-order valence-corrected chi connectivity index (χ3v) is 9.59. The zero-order valence-corrected chi connectivity index (χ0v) is 29.9. The minimum Gasteiger partial charge on any atom is -0.444 e. The average Bonchev–Trinajstić information content (AvgIpc) is 3.81. The average molecular weight is 727 g/mol. The molecule has 11 nitrogen and oxygen atoms in total. The van der Waals surface area contributed by atoms with E-state index in [2.05, 4.69) is 25.9 Å². The fourth-order valence-corrected chi connectivity index (χ4v) is 6.45. The van der Waals surface area contributed by atoms with E-state index in [0.717, 1.165) is 27.3 Å². The minimum atomic E-state index is -2.80. The first-order chi connectivity index (χ1) is 26.4. The Labute approximate surface area is 310 Å². The number of ether oxygens (including phenoxy) is 1. The van der Waals surface area contributed by atoms with Crippen molar-refractivity contribution >= 4 is 40.7 Å². The molecule has 4 rings (SSSR count). The fraction of sp³-hybridized carbons (Fsp3) is 0.432. The number of aliphatic hydroxyl groups is 1. The van der Waals surface area contributed by atoms with Gasteiger partial charge in [0, 0.05) is 38.8 Å². The molecule has 2 heterocycles. The molecule has 4 atom stereocenters. The molecule has 0 unspecified atom stereocenters. The van der Waals surface area contributed by atoms with Crippen LogP contribution in [0.1, 0.15) is 74.8 Å². The molecule has 2 aromatic heterocycles. The number of amides is 4. The number of rotatable bonds is 17. The van der Waals surface area contributed by atoms with Crippen molar-refractivity contribution in [3.8, 4) is 0 Å².